The Morgan fingerprint density at radius 2 is 1.11 bits per heavy atom. The predicted molar refractivity (Wildman–Crippen MR) is 117 cm³/mol. The third-order valence-corrected chi connectivity index (χ3v) is 6.29. The fraction of sp³-hybridized carbons (Fsp3) is 0.300. The molecule has 1 aliphatic carbocycles. The second-order valence-electron chi connectivity index (χ2n) is 6.57. The lowest BCUT2D eigenvalue weighted by atomic mass is 9.91. The molecular formula is C20H18Cl4N2O2. The topological polar surface area (TPSA) is 65.2 Å². The zero-order valence-corrected chi connectivity index (χ0v) is 17.8. The Hall–Kier alpha value is -1.46. The van der Waals surface area contributed by atoms with Crippen LogP contribution in [0.5, 0.6) is 11.5 Å². The van der Waals surface area contributed by atoms with Crippen LogP contribution < -0.4 is 0 Å². The van der Waals surface area contributed by atoms with Crippen LogP contribution in [0.4, 0.5) is 0 Å². The van der Waals surface area contributed by atoms with Gasteiger partial charge < -0.3 is 10.2 Å². The van der Waals surface area contributed by atoms with E-state index in [0.717, 1.165) is 25.7 Å². The smallest absolute Gasteiger partial charge is 0.144 e. The van der Waals surface area contributed by atoms with Crippen LogP contribution >= 0.6 is 46.4 Å². The highest BCUT2D eigenvalue weighted by atomic mass is 35.5. The van der Waals surface area contributed by atoms with Gasteiger partial charge in [0.2, 0.25) is 0 Å². The summed E-state index contributed by atoms with van der Waals surface area (Å²) >= 11 is 23.8. The molecule has 0 radical (unpaired) electrons. The van der Waals surface area contributed by atoms with Crippen molar-refractivity contribution < 1.29 is 10.2 Å². The monoisotopic (exact) mass is 458 g/mol. The van der Waals surface area contributed by atoms with Gasteiger partial charge in [0.1, 0.15) is 21.5 Å². The fourth-order valence-electron chi connectivity index (χ4n) is 3.11. The Morgan fingerprint density at radius 3 is 1.50 bits per heavy atom. The molecule has 0 saturated heterocycles. The number of rotatable bonds is 4. The molecule has 1 aliphatic rings. The molecule has 2 atom stereocenters. The van der Waals surface area contributed by atoms with Crippen molar-refractivity contribution in [3.63, 3.8) is 0 Å². The lowest BCUT2D eigenvalue weighted by Crippen LogP contribution is -2.27. The van der Waals surface area contributed by atoms with E-state index in [-0.39, 0.29) is 43.7 Å². The summed E-state index contributed by atoms with van der Waals surface area (Å²) in [7, 11) is 0. The van der Waals surface area contributed by atoms with Crippen molar-refractivity contribution in [3.8, 4) is 11.5 Å². The van der Waals surface area contributed by atoms with Gasteiger partial charge in [-0.15, -0.1) is 0 Å². The molecule has 1 fully saturated rings. The van der Waals surface area contributed by atoms with Crippen molar-refractivity contribution in [3.05, 3.63) is 55.5 Å². The molecule has 4 nitrogen and oxygen atoms in total. The average Bonchev–Trinajstić information content (AvgIpc) is 2.70. The summed E-state index contributed by atoms with van der Waals surface area (Å²) in [5.41, 5.74) is 1.01. The third-order valence-electron chi connectivity index (χ3n) is 4.70. The van der Waals surface area contributed by atoms with Gasteiger partial charge in [0.15, 0.2) is 0 Å². The van der Waals surface area contributed by atoms with Crippen LogP contribution in [0.3, 0.4) is 0 Å². The van der Waals surface area contributed by atoms with Crippen LogP contribution in [-0.4, -0.2) is 34.7 Å². The van der Waals surface area contributed by atoms with E-state index in [2.05, 4.69) is 9.98 Å². The van der Waals surface area contributed by atoms with E-state index in [1.165, 1.54) is 0 Å². The molecular weight excluding hydrogens is 442 g/mol. The molecule has 148 valence electrons. The largest absolute Gasteiger partial charge is 0.506 e. The second-order valence-corrected chi connectivity index (χ2v) is 8.14. The summed E-state index contributed by atoms with van der Waals surface area (Å²) in [4.78, 5) is 9.25. The molecule has 28 heavy (non-hydrogen) atoms. The minimum atomic E-state index is -0.0884. The highest BCUT2D eigenvalue weighted by Gasteiger charge is 2.23. The zero-order valence-electron chi connectivity index (χ0n) is 14.7. The molecule has 0 heterocycles. The Morgan fingerprint density at radius 1 is 0.714 bits per heavy atom. The van der Waals surface area contributed by atoms with Crippen molar-refractivity contribution in [1.29, 1.82) is 0 Å². The summed E-state index contributed by atoms with van der Waals surface area (Å²) in [5, 5.41) is 21.0. The van der Waals surface area contributed by atoms with E-state index in [9.17, 15) is 10.2 Å². The maximum Gasteiger partial charge on any atom is 0.144 e. The highest BCUT2D eigenvalue weighted by molar-refractivity contribution is 6.43. The minimum Gasteiger partial charge on any atom is -0.506 e. The van der Waals surface area contributed by atoms with Gasteiger partial charge in [0.05, 0.1) is 22.1 Å². The number of aromatic hydroxyl groups is 2. The summed E-state index contributed by atoms with van der Waals surface area (Å²) in [5.74, 6) is -0.177. The van der Waals surface area contributed by atoms with Crippen LogP contribution in [0, 0.1) is 0 Å². The molecule has 0 bridgehead atoms. The number of aliphatic imine (C=N–C) groups is 2. The average molecular weight is 460 g/mol. The minimum absolute atomic E-state index is 0.0382. The Labute approximate surface area is 183 Å². The van der Waals surface area contributed by atoms with Gasteiger partial charge in [-0.05, 0) is 37.1 Å². The molecule has 0 amide bonds. The number of benzene rings is 2. The first kappa shape index (κ1) is 21.3. The zero-order chi connectivity index (χ0) is 20.3. The molecule has 2 N–H and O–H groups in total. The van der Waals surface area contributed by atoms with Crippen LogP contribution in [0.15, 0.2) is 34.3 Å². The van der Waals surface area contributed by atoms with Gasteiger partial charge in [-0.1, -0.05) is 59.2 Å². The maximum absolute atomic E-state index is 10.1. The first-order valence-electron chi connectivity index (χ1n) is 8.78. The quantitative estimate of drug-likeness (QED) is 0.508. The first-order chi connectivity index (χ1) is 13.4. The van der Waals surface area contributed by atoms with E-state index < -0.39 is 0 Å². The van der Waals surface area contributed by atoms with Crippen molar-refractivity contribution in [2.45, 2.75) is 37.8 Å². The molecule has 0 unspecified atom stereocenters. The number of phenolic OH excluding ortho intramolecular Hbond substituents is 2. The van der Waals surface area contributed by atoms with E-state index in [0.29, 0.717) is 11.1 Å². The summed E-state index contributed by atoms with van der Waals surface area (Å²) in [6.45, 7) is 0. The normalized spacial score (nSPS) is 20.3. The molecule has 1 saturated carbocycles. The lowest BCUT2D eigenvalue weighted by molar-refractivity contribution is 0.390. The number of hydrogen-bond acceptors (Lipinski definition) is 4. The summed E-state index contributed by atoms with van der Waals surface area (Å²) in [6.07, 6.45) is 7.08. The van der Waals surface area contributed by atoms with Gasteiger partial charge in [0.25, 0.3) is 0 Å². The summed E-state index contributed by atoms with van der Waals surface area (Å²) < 4.78 is 0. The molecule has 2 aromatic rings. The highest BCUT2D eigenvalue weighted by Crippen LogP contribution is 2.35. The fourth-order valence-corrected chi connectivity index (χ4v) is 3.76. The molecule has 3 rings (SSSR count). The number of halogens is 4. The van der Waals surface area contributed by atoms with Gasteiger partial charge >= 0.3 is 0 Å². The second kappa shape index (κ2) is 9.36. The molecule has 8 heteroatoms. The predicted octanol–water partition coefficient (Wildman–Crippen LogP) is 6.56. The van der Waals surface area contributed by atoms with Crippen molar-refractivity contribution in [2.75, 3.05) is 0 Å². The van der Waals surface area contributed by atoms with Gasteiger partial charge in [-0.2, -0.15) is 0 Å². The molecule has 2 aromatic carbocycles. The Kier molecular flexibility index (Phi) is 7.10. The van der Waals surface area contributed by atoms with E-state index in [1.54, 1.807) is 36.7 Å². The van der Waals surface area contributed by atoms with Crippen molar-refractivity contribution in [1.82, 2.24) is 0 Å². The van der Waals surface area contributed by atoms with Gasteiger partial charge in [-0.3, -0.25) is 9.98 Å². The van der Waals surface area contributed by atoms with Crippen LogP contribution in [0.25, 0.3) is 0 Å². The van der Waals surface area contributed by atoms with Crippen LogP contribution in [0.1, 0.15) is 36.8 Å². The molecule has 0 aromatic heterocycles. The van der Waals surface area contributed by atoms with Crippen LogP contribution in [-0.2, 0) is 0 Å². The molecule has 0 aliphatic heterocycles. The first-order valence-corrected chi connectivity index (χ1v) is 10.3. The number of hydrogen-bond donors (Lipinski definition) is 2. The van der Waals surface area contributed by atoms with E-state index >= 15 is 0 Å². The SMILES string of the molecule is Oc1c(C=N[C@@H]2CCCC[C@H]2N=Cc2ccc(Cl)c(Cl)c2O)ccc(Cl)c1Cl. The van der Waals surface area contributed by atoms with Crippen molar-refractivity contribution in [2.24, 2.45) is 9.98 Å². The third kappa shape index (κ3) is 4.74. The number of phenols is 2. The lowest BCUT2D eigenvalue weighted by Gasteiger charge is -2.25. The van der Waals surface area contributed by atoms with Crippen LogP contribution in [0.2, 0.25) is 20.1 Å². The van der Waals surface area contributed by atoms with Crippen molar-refractivity contribution >= 4 is 58.8 Å². The standard InChI is InChI=1S/C20H18Cl4N2O2/c21-13-7-5-11(19(27)17(13)23)9-25-15-3-1-2-4-16(15)26-10-12-6-8-14(22)18(24)20(12)28/h5-10,15-16,27-28H,1-4H2/t15-,16-/m1/s1. The Bertz CT molecular complexity index is 855. The van der Waals surface area contributed by atoms with Gasteiger partial charge in [-0.25, -0.2) is 0 Å². The number of nitrogens with zero attached hydrogens (tertiary/aromatic N) is 2. The van der Waals surface area contributed by atoms with E-state index in [4.69, 9.17) is 46.4 Å². The molecule has 0 spiro atoms. The summed E-state index contributed by atoms with van der Waals surface area (Å²) in [6, 6.07) is 6.50. The maximum atomic E-state index is 10.1. The van der Waals surface area contributed by atoms with E-state index in [1.807, 2.05) is 0 Å². The van der Waals surface area contributed by atoms with Gasteiger partial charge in [0, 0.05) is 23.6 Å². The Balaban J connectivity index is 1.79.